The summed E-state index contributed by atoms with van der Waals surface area (Å²) in [6.07, 6.45) is 4.82. The van der Waals surface area contributed by atoms with Gasteiger partial charge in [-0.2, -0.15) is 10.4 Å². The second-order valence-electron chi connectivity index (χ2n) is 8.25. The Kier molecular flexibility index (Phi) is 3.60. The van der Waals surface area contributed by atoms with Crippen LogP contribution in [0.15, 0.2) is 36.7 Å². The smallest absolute Gasteiger partial charge is 0.159 e. The van der Waals surface area contributed by atoms with Crippen molar-refractivity contribution in [3.05, 3.63) is 70.9 Å². The van der Waals surface area contributed by atoms with Gasteiger partial charge in [0.15, 0.2) is 5.69 Å². The molecule has 1 fully saturated rings. The van der Waals surface area contributed by atoms with E-state index >= 15 is 0 Å². The van der Waals surface area contributed by atoms with Crippen molar-refractivity contribution in [3.63, 3.8) is 0 Å². The van der Waals surface area contributed by atoms with Crippen LogP contribution in [-0.2, 0) is 5.41 Å². The van der Waals surface area contributed by atoms with Crippen molar-refractivity contribution in [1.29, 1.82) is 5.26 Å². The van der Waals surface area contributed by atoms with Gasteiger partial charge in [0.1, 0.15) is 17.7 Å². The van der Waals surface area contributed by atoms with Gasteiger partial charge < -0.3 is 0 Å². The average molecular weight is 389 g/mol. The molecule has 2 aliphatic carbocycles. The molecule has 2 bridgehead atoms. The van der Waals surface area contributed by atoms with E-state index in [0.717, 1.165) is 24.1 Å². The number of hydrogen-bond acceptors (Lipinski definition) is 5. The molecule has 5 nitrogen and oxygen atoms in total. The van der Waals surface area contributed by atoms with Crippen LogP contribution in [0.2, 0.25) is 0 Å². The number of aromatic nitrogens is 4. The van der Waals surface area contributed by atoms with E-state index in [1.807, 2.05) is 6.07 Å². The number of hydrogen-bond donors (Lipinski definition) is 0. The summed E-state index contributed by atoms with van der Waals surface area (Å²) >= 11 is 0. The minimum absolute atomic E-state index is 0.147. The van der Waals surface area contributed by atoms with Gasteiger partial charge in [0.25, 0.3) is 0 Å². The normalized spacial score (nSPS) is 23.6. The summed E-state index contributed by atoms with van der Waals surface area (Å²) in [5, 5.41) is 17.9. The van der Waals surface area contributed by atoms with E-state index in [4.69, 9.17) is 0 Å². The second-order valence-corrected chi connectivity index (χ2v) is 8.25. The second kappa shape index (κ2) is 5.86. The van der Waals surface area contributed by atoms with Gasteiger partial charge >= 0.3 is 0 Å². The third kappa shape index (κ3) is 2.17. The van der Waals surface area contributed by atoms with Crippen LogP contribution in [0.1, 0.15) is 55.3 Å². The molecule has 0 unspecified atom stereocenters. The molecule has 1 aromatic carbocycles. The highest BCUT2D eigenvalue weighted by Gasteiger charge is 2.65. The largest absolute Gasteiger partial charge is 0.260 e. The Labute approximate surface area is 166 Å². The number of nitrogens with zero attached hydrogens (tertiary/aromatic N) is 5. The number of fused-ring (bicyclic) bond motifs is 5. The molecule has 2 atom stereocenters. The number of rotatable bonds is 2. The predicted molar refractivity (Wildman–Crippen MR) is 101 cm³/mol. The van der Waals surface area contributed by atoms with Crippen LogP contribution in [0.25, 0.3) is 11.3 Å². The SMILES string of the molecule is CC1(C)[C@H]2CC[C@]1(c1cncc(C#N)n1)c1nnc(-c3c(F)cccc3F)cc12. The van der Waals surface area contributed by atoms with E-state index in [9.17, 15) is 14.0 Å². The fraction of sp³-hybridized carbons (Fsp3) is 0.318. The molecule has 2 heterocycles. The third-order valence-corrected chi connectivity index (χ3v) is 6.79. The zero-order valence-electron chi connectivity index (χ0n) is 15.9. The van der Waals surface area contributed by atoms with Crippen LogP contribution < -0.4 is 0 Å². The monoisotopic (exact) mass is 389 g/mol. The molecule has 1 saturated carbocycles. The number of nitriles is 1. The maximum absolute atomic E-state index is 14.3. The molecule has 0 radical (unpaired) electrons. The zero-order valence-corrected chi connectivity index (χ0v) is 15.9. The maximum atomic E-state index is 14.3. The van der Waals surface area contributed by atoms with Gasteiger partial charge in [-0.25, -0.2) is 13.8 Å². The van der Waals surface area contributed by atoms with Crippen LogP contribution in [0.5, 0.6) is 0 Å². The zero-order chi connectivity index (χ0) is 20.4. The van der Waals surface area contributed by atoms with Crippen LogP contribution in [0, 0.1) is 28.4 Å². The van der Waals surface area contributed by atoms with Gasteiger partial charge in [0.2, 0.25) is 0 Å². The molecule has 0 N–H and O–H groups in total. The van der Waals surface area contributed by atoms with Crippen molar-refractivity contribution in [3.8, 4) is 17.3 Å². The molecule has 0 saturated heterocycles. The number of halogens is 2. The Bertz CT molecular complexity index is 1180. The van der Waals surface area contributed by atoms with Gasteiger partial charge in [-0.05, 0) is 47.9 Å². The summed E-state index contributed by atoms with van der Waals surface area (Å²) in [6.45, 7) is 4.30. The summed E-state index contributed by atoms with van der Waals surface area (Å²) < 4.78 is 28.6. The molecular weight excluding hydrogens is 372 g/mol. The quantitative estimate of drug-likeness (QED) is 0.654. The van der Waals surface area contributed by atoms with Gasteiger partial charge in [0, 0.05) is 6.20 Å². The van der Waals surface area contributed by atoms with E-state index in [1.165, 1.54) is 24.4 Å². The summed E-state index contributed by atoms with van der Waals surface area (Å²) in [6, 6.07) is 7.57. The van der Waals surface area contributed by atoms with Crippen molar-refractivity contribution in [1.82, 2.24) is 20.2 Å². The highest BCUT2D eigenvalue weighted by atomic mass is 19.1. The first-order valence-electron chi connectivity index (χ1n) is 9.45. The summed E-state index contributed by atoms with van der Waals surface area (Å²) in [5.74, 6) is -1.18. The van der Waals surface area contributed by atoms with E-state index in [2.05, 4.69) is 34.0 Å². The van der Waals surface area contributed by atoms with Crippen molar-refractivity contribution in [2.24, 2.45) is 5.41 Å². The van der Waals surface area contributed by atoms with Gasteiger partial charge in [-0.15, -0.1) is 5.10 Å². The fourth-order valence-electron chi connectivity index (χ4n) is 5.38. The lowest BCUT2D eigenvalue weighted by molar-refractivity contribution is 0.242. The van der Waals surface area contributed by atoms with Gasteiger partial charge in [-0.3, -0.25) is 4.98 Å². The van der Waals surface area contributed by atoms with Gasteiger partial charge in [-0.1, -0.05) is 19.9 Å². The van der Waals surface area contributed by atoms with E-state index in [0.29, 0.717) is 5.69 Å². The summed E-state index contributed by atoms with van der Waals surface area (Å²) in [4.78, 5) is 8.74. The minimum Gasteiger partial charge on any atom is -0.260 e. The first-order valence-corrected chi connectivity index (χ1v) is 9.45. The lowest BCUT2D eigenvalue weighted by Crippen LogP contribution is -2.38. The molecule has 0 aliphatic heterocycles. The minimum atomic E-state index is -0.663. The molecule has 29 heavy (non-hydrogen) atoms. The molecule has 3 aromatic rings. The third-order valence-electron chi connectivity index (χ3n) is 6.79. The Morgan fingerprint density at radius 1 is 1.14 bits per heavy atom. The number of benzene rings is 1. The molecule has 7 heteroatoms. The Morgan fingerprint density at radius 3 is 2.62 bits per heavy atom. The molecule has 0 amide bonds. The Hall–Kier alpha value is -3.27. The van der Waals surface area contributed by atoms with Crippen LogP contribution in [-0.4, -0.2) is 20.2 Å². The molecular formula is C22H17F2N5. The molecule has 144 valence electrons. The Balaban J connectivity index is 1.74. The molecule has 2 aromatic heterocycles. The van der Waals surface area contributed by atoms with Gasteiger partial charge in [0.05, 0.1) is 34.3 Å². The molecule has 0 spiro atoms. The Morgan fingerprint density at radius 2 is 1.90 bits per heavy atom. The first-order chi connectivity index (χ1) is 13.9. The van der Waals surface area contributed by atoms with E-state index in [1.54, 1.807) is 12.3 Å². The molecule has 5 rings (SSSR count). The first kappa shape index (κ1) is 17.8. The van der Waals surface area contributed by atoms with Crippen molar-refractivity contribution in [2.75, 3.05) is 0 Å². The van der Waals surface area contributed by atoms with E-state index in [-0.39, 0.29) is 28.3 Å². The summed E-state index contributed by atoms with van der Waals surface area (Å²) in [5.41, 5.74) is 1.90. The van der Waals surface area contributed by atoms with Crippen LogP contribution in [0.4, 0.5) is 8.78 Å². The van der Waals surface area contributed by atoms with Crippen molar-refractivity contribution < 1.29 is 8.78 Å². The van der Waals surface area contributed by atoms with E-state index < -0.39 is 17.0 Å². The van der Waals surface area contributed by atoms with Crippen molar-refractivity contribution in [2.45, 2.75) is 38.0 Å². The fourth-order valence-corrected chi connectivity index (χ4v) is 5.38. The summed E-state index contributed by atoms with van der Waals surface area (Å²) in [7, 11) is 0. The lowest BCUT2D eigenvalue weighted by atomic mass is 9.66. The van der Waals surface area contributed by atoms with Crippen molar-refractivity contribution >= 4 is 0 Å². The average Bonchev–Trinajstić information content (AvgIpc) is 3.09. The topological polar surface area (TPSA) is 75.3 Å². The predicted octanol–water partition coefficient (Wildman–Crippen LogP) is 4.29. The standard InChI is InChI=1S/C22H17F2N5/c1-21(2)14-6-7-22(21,18-11-26-10-12(9-25)27-18)20-13(14)8-17(28-29-20)19-15(23)4-3-5-16(19)24/h3-5,8,10-11,14H,6-7H2,1-2H3/t14-,22-/m0/s1. The lowest BCUT2D eigenvalue weighted by Gasteiger charge is -2.37. The molecule has 2 aliphatic rings. The maximum Gasteiger partial charge on any atom is 0.159 e. The van der Waals surface area contributed by atoms with Crippen LogP contribution >= 0.6 is 0 Å². The van der Waals surface area contributed by atoms with Crippen LogP contribution in [0.3, 0.4) is 0 Å². The highest BCUT2D eigenvalue weighted by molar-refractivity contribution is 5.64. The highest BCUT2D eigenvalue weighted by Crippen LogP contribution is 2.69.